The summed E-state index contributed by atoms with van der Waals surface area (Å²) in [5.41, 5.74) is 2.13. The summed E-state index contributed by atoms with van der Waals surface area (Å²) in [6.07, 6.45) is 7.48. The maximum Gasteiger partial charge on any atom is 0.335 e. The molecule has 4 aromatic carbocycles. The van der Waals surface area contributed by atoms with Crippen molar-refractivity contribution in [2.24, 2.45) is 0 Å². The molecule has 0 saturated heterocycles. The number of aromatic amines is 2. The number of nitrogens with one attached hydrogen (secondary N) is 2. The Hall–Kier alpha value is -5.76. The van der Waals surface area contributed by atoms with E-state index in [1.165, 1.54) is 23.3 Å². The zero-order valence-electron chi connectivity index (χ0n) is 23.6. The van der Waals surface area contributed by atoms with Crippen molar-refractivity contribution in [1.29, 1.82) is 0 Å². The van der Waals surface area contributed by atoms with E-state index >= 15 is 0 Å². The molecule has 0 saturated carbocycles. The summed E-state index contributed by atoms with van der Waals surface area (Å²) in [4.78, 5) is 29.0. The second-order valence-corrected chi connectivity index (χ2v) is 9.85. The molecule has 6 rings (SSSR count). The summed E-state index contributed by atoms with van der Waals surface area (Å²) in [6.45, 7) is 4.13. The summed E-state index contributed by atoms with van der Waals surface area (Å²) < 4.78 is 0. The van der Waals surface area contributed by atoms with E-state index < -0.39 is 23.4 Å². The lowest BCUT2D eigenvalue weighted by Gasteiger charge is -2.24. The molecular weight excluding hydrogens is 544 g/mol. The van der Waals surface area contributed by atoms with E-state index in [9.17, 15) is 30.0 Å². The van der Waals surface area contributed by atoms with Gasteiger partial charge in [0, 0.05) is 24.3 Å². The molecule has 4 N–H and O–H groups in total. The van der Waals surface area contributed by atoms with Crippen molar-refractivity contribution in [3.63, 3.8) is 0 Å². The van der Waals surface area contributed by atoms with Crippen LogP contribution < -0.4 is 20.2 Å². The number of hydrogen-bond acceptors (Lipinski definition) is 4. The van der Waals surface area contributed by atoms with Gasteiger partial charge in [0.25, 0.3) is 0 Å². The van der Waals surface area contributed by atoms with E-state index in [2.05, 4.69) is 23.8 Å². The normalized spacial score (nSPS) is 10.3. The molecule has 8 nitrogen and oxygen atoms in total. The Kier molecular flexibility index (Phi) is 9.65. The molecule has 8 heteroatoms. The van der Waals surface area contributed by atoms with Crippen LogP contribution in [0.25, 0.3) is 21.5 Å². The van der Waals surface area contributed by atoms with Crippen LogP contribution in [-0.4, -0.2) is 22.2 Å². The van der Waals surface area contributed by atoms with Gasteiger partial charge < -0.3 is 20.4 Å². The number of H-pyrrole nitrogens is 2. The van der Waals surface area contributed by atoms with Gasteiger partial charge in [0.15, 0.2) is 24.8 Å². The molecule has 0 aliphatic heterocycles. The molecule has 0 amide bonds. The van der Waals surface area contributed by atoms with Gasteiger partial charge in [0.2, 0.25) is 0 Å². The highest BCUT2D eigenvalue weighted by molar-refractivity contribution is 6.02. The molecule has 0 unspecified atom stereocenters. The number of rotatable bonds is 4. The molecule has 0 aliphatic carbocycles. The lowest BCUT2D eigenvalue weighted by Crippen LogP contribution is -2.11. The van der Waals surface area contributed by atoms with Crippen molar-refractivity contribution in [2.45, 2.75) is 20.3 Å². The number of carbonyl (C=O) groups is 2. The molecule has 0 aliphatic rings. The van der Waals surface area contributed by atoms with Crippen molar-refractivity contribution >= 4 is 33.5 Å². The summed E-state index contributed by atoms with van der Waals surface area (Å²) in [6, 6.07) is 24.4. The fourth-order valence-corrected chi connectivity index (χ4v) is 4.59. The van der Waals surface area contributed by atoms with Crippen LogP contribution in [0.5, 0.6) is 11.5 Å². The van der Waals surface area contributed by atoms with Crippen LogP contribution in [0.2, 0.25) is 0 Å². The average molecular weight is 575 g/mol. The van der Waals surface area contributed by atoms with Gasteiger partial charge in [-0.2, -0.15) is 0 Å². The van der Waals surface area contributed by atoms with Gasteiger partial charge in [-0.3, -0.25) is 0 Å². The zero-order chi connectivity index (χ0) is 30.9. The predicted octanol–water partition coefficient (Wildman–Crippen LogP) is 4.75. The standard InChI is InChI=1S/C23H16O6.2C6H7N/c24-20-16(14-7-3-1-5-12(14)9-18(20)22(26)27)11-17-15-8-4-2-6-13(15)10-19(21(17)25)23(28)29;2*1-6-2-4-7-5-3-6/h1-10,24-25H,11H2,(H,26,27)(H,28,29);2*2-5H,1H3. The highest BCUT2D eigenvalue weighted by atomic mass is 16.4. The lowest BCUT2D eigenvalue weighted by molar-refractivity contribution is -0.378. The first-order valence-corrected chi connectivity index (χ1v) is 13.4. The first-order valence-electron chi connectivity index (χ1n) is 13.4. The van der Waals surface area contributed by atoms with Crippen molar-refractivity contribution < 1.29 is 40.0 Å². The van der Waals surface area contributed by atoms with Crippen LogP contribution in [0.3, 0.4) is 0 Å². The van der Waals surface area contributed by atoms with Gasteiger partial charge in [0.1, 0.15) is 0 Å². The minimum atomic E-state index is -1.35. The SMILES string of the molecule is Cc1cc[nH+]cc1.Cc1cc[nH+]cc1.O=C(O)c1cc2ccccc2c(Cc2c([O-])c(C(=O)O)cc3ccccc23)c1[O-]. The summed E-state index contributed by atoms with van der Waals surface area (Å²) in [7, 11) is 0. The van der Waals surface area contributed by atoms with E-state index in [-0.39, 0.29) is 28.7 Å². The number of fused-ring (bicyclic) bond motifs is 2. The minimum absolute atomic E-state index is 0.158. The monoisotopic (exact) mass is 574 g/mol. The molecule has 0 bridgehead atoms. The van der Waals surface area contributed by atoms with Crippen molar-refractivity contribution in [2.75, 3.05) is 0 Å². The van der Waals surface area contributed by atoms with E-state index in [0.717, 1.165) is 0 Å². The van der Waals surface area contributed by atoms with Crippen LogP contribution in [0, 0.1) is 13.8 Å². The fourth-order valence-electron chi connectivity index (χ4n) is 4.59. The Morgan fingerprint density at radius 2 is 0.953 bits per heavy atom. The largest absolute Gasteiger partial charge is 0.872 e. The molecule has 43 heavy (non-hydrogen) atoms. The first-order chi connectivity index (χ1) is 20.7. The molecule has 6 aromatic rings. The number of benzene rings is 4. The molecule has 0 atom stereocenters. The fraction of sp³-hybridized carbons (Fsp3) is 0.0857. The van der Waals surface area contributed by atoms with Gasteiger partial charge in [-0.15, -0.1) is 0 Å². The number of pyridine rings is 2. The zero-order valence-corrected chi connectivity index (χ0v) is 23.6. The predicted molar refractivity (Wildman–Crippen MR) is 159 cm³/mol. The minimum Gasteiger partial charge on any atom is -0.872 e. The Morgan fingerprint density at radius 3 is 1.26 bits per heavy atom. The summed E-state index contributed by atoms with van der Waals surface area (Å²) >= 11 is 0. The first kappa shape index (κ1) is 30.2. The topological polar surface area (TPSA) is 149 Å². The number of carboxylic acid groups (broad SMARTS) is 2. The van der Waals surface area contributed by atoms with Gasteiger partial charge in [-0.05, 0) is 76.2 Å². The van der Waals surface area contributed by atoms with Gasteiger partial charge >= 0.3 is 11.9 Å². The Morgan fingerprint density at radius 1 is 0.605 bits per heavy atom. The molecular formula is C35H30N2O6. The molecule has 216 valence electrons. The van der Waals surface area contributed by atoms with Crippen LogP contribution in [0.4, 0.5) is 0 Å². The Balaban J connectivity index is 0.000000246. The van der Waals surface area contributed by atoms with Crippen LogP contribution in [-0.2, 0) is 6.42 Å². The lowest BCUT2D eigenvalue weighted by atomic mass is 9.90. The number of aromatic carboxylic acids is 2. The van der Waals surface area contributed by atoms with Crippen LogP contribution >= 0.6 is 0 Å². The Labute approximate surface area is 248 Å². The average Bonchev–Trinajstić information content (AvgIpc) is 3.00. The highest BCUT2D eigenvalue weighted by Crippen LogP contribution is 2.36. The molecule has 0 radical (unpaired) electrons. The maximum absolute atomic E-state index is 12.9. The number of hydrogen-bond donors (Lipinski definition) is 2. The third kappa shape index (κ3) is 7.31. The highest BCUT2D eigenvalue weighted by Gasteiger charge is 2.16. The molecule has 2 aromatic heterocycles. The van der Waals surface area contributed by atoms with Crippen molar-refractivity contribution in [3.05, 3.63) is 143 Å². The smallest absolute Gasteiger partial charge is 0.335 e. The van der Waals surface area contributed by atoms with Gasteiger partial charge in [0.05, 0.1) is 11.1 Å². The van der Waals surface area contributed by atoms with Crippen molar-refractivity contribution in [1.82, 2.24) is 0 Å². The van der Waals surface area contributed by atoms with Crippen LogP contribution in [0.15, 0.2) is 110 Å². The number of aryl methyl sites for hydroxylation is 2. The maximum atomic E-state index is 12.9. The van der Waals surface area contributed by atoms with E-state index in [1.807, 2.05) is 49.1 Å². The van der Waals surface area contributed by atoms with E-state index in [1.54, 1.807) is 48.5 Å². The molecule has 2 heterocycles. The third-order valence-corrected chi connectivity index (χ3v) is 6.79. The summed E-state index contributed by atoms with van der Waals surface area (Å²) in [5, 5.41) is 46.8. The van der Waals surface area contributed by atoms with Gasteiger partial charge in [-0.1, -0.05) is 60.0 Å². The van der Waals surface area contributed by atoms with Gasteiger partial charge in [-0.25, -0.2) is 19.6 Å². The second kappa shape index (κ2) is 13.7. The quantitative estimate of drug-likeness (QED) is 0.310. The second-order valence-electron chi connectivity index (χ2n) is 9.85. The summed E-state index contributed by atoms with van der Waals surface area (Å²) in [5.74, 6) is -4.07. The number of aromatic nitrogens is 2. The molecule has 0 spiro atoms. The Bertz CT molecular complexity index is 1750. The van der Waals surface area contributed by atoms with Crippen LogP contribution in [0.1, 0.15) is 43.0 Å². The van der Waals surface area contributed by atoms with E-state index in [0.29, 0.717) is 21.5 Å². The third-order valence-electron chi connectivity index (χ3n) is 6.79. The number of carboxylic acids is 2. The van der Waals surface area contributed by atoms with E-state index in [4.69, 9.17) is 0 Å². The van der Waals surface area contributed by atoms with Crippen molar-refractivity contribution in [3.8, 4) is 11.5 Å². The molecule has 0 fully saturated rings.